The van der Waals surface area contributed by atoms with Crippen molar-refractivity contribution in [2.45, 2.75) is 6.23 Å². The average molecular weight is 260 g/mol. The van der Waals surface area contributed by atoms with Gasteiger partial charge in [-0.3, -0.25) is 0 Å². The molecule has 9 nitrogen and oxygen atoms in total. The van der Waals surface area contributed by atoms with E-state index in [1.807, 2.05) is 0 Å². The fourth-order valence-electron chi connectivity index (χ4n) is 1.21. The van der Waals surface area contributed by atoms with Gasteiger partial charge in [-0.15, -0.1) is 5.06 Å². The van der Waals surface area contributed by atoms with Crippen LogP contribution in [0.5, 0.6) is 0 Å². The van der Waals surface area contributed by atoms with Crippen molar-refractivity contribution >= 4 is 20.8 Å². The number of hydroxylamine groups is 2. The van der Waals surface area contributed by atoms with Crippen LogP contribution in [-0.2, 0) is 32.9 Å². The van der Waals surface area contributed by atoms with Crippen LogP contribution in [0.4, 0.5) is 0 Å². The van der Waals surface area contributed by atoms with E-state index < -0.39 is 27.0 Å². The van der Waals surface area contributed by atoms with Gasteiger partial charge in [0.2, 0.25) is 0 Å². The molecular formula is C4H8N2O7S2. The minimum absolute atomic E-state index is 0.123. The summed E-state index contributed by atoms with van der Waals surface area (Å²) in [6, 6.07) is 0. The Morgan fingerprint density at radius 2 is 1.93 bits per heavy atom. The van der Waals surface area contributed by atoms with Crippen LogP contribution in [0.2, 0.25) is 0 Å². The van der Waals surface area contributed by atoms with Crippen molar-refractivity contribution in [3.8, 4) is 0 Å². The average Bonchev–Trinajstić information content (AvgIpc) is 2.13. The highest BCUT2D eigenvalue weighted by molar-refractivity contribution is 7.95. The summed E-state index contributed by atoms with van der Waals surface area (Å²) in [4.78, 5) is 0. The minimum Gasteiger partial charge on any atom is -0.311 e. The molecule has 2 heterocycles. The van der Waals surface area contributed by atoms with Gasteiger partial charge in [0.05, 0.1) is 0 Å². The second-order valence-electron chi connectivity index (χ2n) is 2.85. The Balaban J connectivity index is 2.32. The zero-order valence-corrected chi connectivity index (χ0v) is 8.95. The first-order valence-electron chi connectivity index (χ1n) is 3.94. The number of nitrogens with zero attached hydrogens (tertiary/aromatic N) is 1. The van der Waals surface area contributed by atoms with Crippen molar-refractivity contribution in [3.05, 3.63) is 0 Å². The summed E-state index contributed by atoms with van der Waals surface area (Å²) < 4.78 is 56.5. The topological polar surface area (TPSA) is 111 Å². The Hall–Kier alpha value is -0.300. The molecule has 11 heteroatoms. The molecule has 0 spiro atoms. The summed E-state index contributed by atoms with van der Waals surface area (Å²) in [6.45, 7) is 0.746. The van der Waals surface area contributed by atoms with Crippen LogP contribution in [0.25, 0.3) is 0 Å². The van der Waals surface area contributed by atoms with Crippen LogP contribution in [0.3, 0.4) is 0 Å². The summed E-state index contributed by atoms with van der Waals surface area (Å²) in [5.41, 5.74) is 0. The second kappa shape index (κ2) is 3.62. The molecule has 2 aliphatic heterocycles. The number of fused-ring (bicyclic) bond motifs is 1. The zero-order valence-electron chi connectivity index (χ0n) is 7.32. The lowest BCUT2D eigenvalue weighted by molar-refractivity contribution is -0.159. The number of hydrogen-bond donors (Lipinski definition) is 1. The van der Waals surface area contributed by atoms with E-state index in [9.17, 15) is 16.8 Å². The summed E-state index contributed by atoms with van der Waals surface area (Å²) in [5.74, 6) is 0. The zero-order chi connectivity index (χ0) is 11.1. The molecule has 0 amide bonds. The maximum atomic E-state index is 11.0. The summed E-state index contributed by atoms with van der Waals surface area (Å²) in [7, 11) is -9.20. The normalized spacial score (nSPS) is 35.3. The van der Waals surface area contributed by atoms with Crippen LogP contribution < -0.4 is 5.32 Å². The van der Waals surface area contributed by atoms with E-state index in [-0.39, 0.29) is 13.1 Å². The predicted octanol–water partition coefficient (Wildman–Crippen LogP) is -2.31. The third kappa shape index (κ3) is 2.63. The molecule has 1 atom stereocenters. The maximum absolute atomic E-state index is 11.0. The molecule has 0 aromatic rings. The van der Waals surface area contributed by atoms with Gasteiger partial charge in [-0.1, -0.05) is 3.63 Å². The van der Waals surface area contributed by atoms with Crippen LogP contribution in [0.15, 0.2) is 0 Å². The molecule has 2 saturated heterocycles. The Labute approximate surface area is 86.5 Å². The summed E-state index contributed by atoms with van der Waals surface area (Å²) in [5, 5.41) is 3.71. The van der Waals surface area contributed by atoms with Gasteiger partial charge in [0.25, 0.3) is 0 Å². The molecule has 88 valence electrons. The standard InChI is InChI=1S/C4H8N2O7S2/c7-14(8)11-4-3-5-1-2-6(4)12-15(9,10)13-14/h4-5H,1-3H2. The molecule has 2 aliphatic rings. The molecule has 2 fully saturated rings. The molecule has 0 bridgehead atoms. The molecule has 0 radical (unpaired) electrons. The van der Waals surface area contributed by atoms with E-state index in [0.29, 0.717) is 6.54 Å². The van der Waals surface area contributed by atoms with Crippen molar-refractivity contribution in [1.29, 1.82) is 0 Å². The van der Waals surface area contributed by atoms with Crippen molar-refractivity contribution in [3.63, 3.8) is 0 Å². The van der Waals surface area contributed by atoms with E-state index in [2.05, 4.69) is 17.4 Å². The van der Waals surface area contributed by atoms with E-state index in [0.717, 1.165) is 5.06 Å². The van der Waals surface area contributed by atoms with Gasteiger partial charge in [-0.25, -0.2) is 4.18 Å². The van der Waals surface area contributed by atoms with Gasteiger partial charge >= 0.3 is 20.8 Å². The van der Waals surface area contributed by atoms with E-state index in [1.54, 1.807) is 0 Å². The third-order valence-corrected chi connectivity index (χ3v) is 3.90. The largest absolute Gasteiger partial charge is 0.432 e. The monoisotopic (exact) mass is 260 g/mol. The Bertz CT molecular complexity index is 400. The highest BCUT2D eigenvalue weighted by Gasteiger charge is 2.40. The molecule has 0 aliphatic carbocycles. The molecule has 0 aromatic carbocycles. The predicted molar refractivity (Wildman–Crippen MR) is 44.5 cm³/mol. The Morgan fingerprint density at radius 3 is 2.67 bits per heavy atom. The first-order chi connectivity index (χ1) is 6.88. The highest BCUT2D eigenvalue weighted by atomic mass is 32.3. The first kappa shape index (κ1) is 11.2. The summed E-state index contributed by atoms with van der Waals surface area (Å²) >= 11 is 0. The van der Waals surface area contributed by atoms with Gasteiger partial charge < -0.3 is 5.32 Å². The molecule has 1 unspecified atom stereocenters. The molecule has 0 saturated carbocycles. The number of nitrogens with one attached hydrogen (secondary N) is 1. The van der Waals surface area contributed by atoms with Gasteiger partial charge in [-0.05, 0) is 0 Å². The Morgan fingerprint density at radius 1 is 1.20 bits per heavy atom. The van der Waals surface area contributed by atoms with Gasteiger partial charge in [0, 0.05) is 19.6 Å². The quantitative estimate of drug-likeness (QED) is 0.513. The van der Waals surface area contributed by atoms with Crippen LogP contribution in [0.1, 0.15) is 0 Å². The van der Waals surface area contributed by atoms with Crippen molar-refractivity contribution in [2.24, 2.45) is 0 Å². The number of piperazine rings is 1. The molecule has 1 N–H and O–H groups in total. The second-order valence-corrected chi connectivity index (χ2v) is 5.37. The van der Waals surface area contributed by atoms with Gasteiger partial charge in [-0.2, -0.15) is 21.1 Å². The van der Waals surface area contributed by atoms with Crippen LogP contribution in [0, 0.1) is 0 Å². The molecule has 0 aromatic heterocycles. The Kier molecular flexibility index (Phi) is 2.70. The maximum Gasteiger partial charge on any atom is 0.432 e. The lowest BCUT2D eigenvalue weighted by Gasteiger charge is -2.29. The number of rotatable bonds is 0. The van der Waals surface area contributed by atoms with Gasteiger partial charge in [0.15, 0.2) is 6.23 Å². The fourth-order valence-corrected chi connectivity index (χ4v) is 3.10. The third-order valence-electron chi connectivity index (χ3n) is 1.73. The van der Waals surface area contributed by atoms with Gasteiger partial charge in [0.1, 0.15) is 0 Å². The first-order valence-corrected chi connectivity index (χ1v) is 6.61. The lowest BCUT2D eigenvalue weighted by atomic mass is 10.4. The van der Waals surface area contributed by atoms with Crippen molar-refractivity contribution in [1.82, 2.24) is 10.4 Å². The van der Waals surface area contributed by atoms with E-state index in [4.69, 9.17) is 0 Å². The SMILES string of the molecule is O=S1(=O)OC2CNCCN2OS(=O)(=O)O1. The molecule has 15 heavy (non-hydrogen) atoms. The fraction of sp³-hybridized carbons (Fsp3) is 1.00. The van der Waals surface area contributed by atoms with Crippen LogP contribution in [-0.4, -0.2) is 47.8 Å². The van der Waals surface area contributed by atoms with Crippen molar-refractivity contribution in [2.75, 3.05) is 19.6 Å². The van der Waals surface area contributed by atoms with Crippen LogP contribution >= 0.6 is 0 Å². The highest BCUT2D eigenvalue weighted by Crippen LogP contribution is 2.19. The number of hydrogen-bond acceptors (Lipinski definition) is 9. The van der Waals surface area contributed by atoms with E-state index in [1.165, 1.54) is 0 Å². The summed E-state index contributed by atoms with van der Waals surface area (Å²) in [6.07, 6.45) is -1.04. The molecule has 2 rings (SSSR count). The molecular weight excluding hydrogens is 252 g/mol. The van der Waals surface area contributed by atoms with E-state index >= 15 is 0 Å². The minimum atomic E-state index is -4.61. The smallest absolute Gasteiger partial charge is 0.311 e. The van der Waals surface area contributed by atoms with Crippen molar-refractivity contribution < 1.29 is 28.9 Å². The lowest BCUT2D eigenvalue weighted by Crippen LogP contribution is -2.51.